The van der Waals surface area contributed by atoms with E-state index in [0.29, 0.717) is 22.9 Å². The van der Waals surface area contributed by atoms with Gasteiger partial charge in [0.15, 0.2) is 5.82 Å². The first-order chi connectivity index (χ1) is 14.0. The smallest absolute Gasteiger partial charge is 0.255 e. The van der Waals surface area contributed by atoms with E-state index < -0.39 is 0 Å². The summed E-state index contributed by atoms with van der Waals surface area (Å²) in [7, 11) is 3.21. The molecule has 0 aliphatic rings. The number of hydrogen-bond acceptors (Lipinski definition) is 5. The Hall–Kier alpha value is -3.35. The van der Waals surface area contributed by atoms with E-state index in [0.717, 1.165) is 11.3 Å². The van der Waals surface area contributed by atoms with Crippen molar-refractivity contribution in [1.29, 1.82) is 0 Å². The lowest BCUT2D eigenvalue weighted by Gasteiger charge is -2.19. The molecule has 0 aliphatic heterocycles. The molecule has 0 bridgehead atoms. The van der Waals surface area contributed by atoms with Crippen molar-refractivity contribution >= 4 is 5.91 Å². The highest BCUT2D eigenvalue weighted by molar-refractivity contribution is 5.95. The Morgan fingerprint density at radius 3 is 2.52 bits per heavy atom. The van der Waals surface area contributed by atoms with Crippen molar-refractivity contribution in [2.75, 3.05) is 14.2 Å². The molecule has 3 aromatic rings. The third-order valence-corrected chi connectivity index (χ3v) is 4.72. The molecule has 152 valence electrons. The number of rotatable bonds is 7. The second kappa shape index (κ2) is 8.77. The van der Waals surface area contributed by atoms with Gasteiger partial charge in [0.1, 0.15) is 11.5 Å². The Labute approximate surface area is 170 Å². The lowest BCUT2D eigenvalue weighted by Crippen LogP contribution is -2.28. The van der Waals surface area contributed by atoms with Crippen LogP contribution < -0.4 is 14.8 Å². The Kier molecular flexibility index (Phi) is 6.16. The molecule has 1 atom stereocenters. The first-order valence-corrected chi connectivity index (χ1v) is 9.48. The van der Waals surface area contributed by atoms with Crippen molar-refractivity contribution < 1.29 is 14.3 Å². The van der Waals surface area contributed by atoms with E-state index in [2.05, 4.69) is 15.4 Å². The molecule has 29 heavy (non-hydrogen) atoms. The van der Waals surface area contributed by atoms with Crippen LogP contribution in [0.3, 0.4) is 0 Å². The topological polar surface area (TPSA) is 78.3 Å². The van der Waals surface area contributed by atoms with Crippen LogP contribution >= 0.6 is 0 Å². The number of carbonyl (C=O) groups excluding carboxylic acids is 1. The first-order valence-electron chi connectivity index (χ1n) is 9.48. The number of ether oxygens (including phenoxy) is 2. The number of amides is 1. The van der Waals surface area contributed by atoms with Crippen LogP contribution in [0.4, 0.5) is 0 Å². The fraction of sp³-hybridized carbons (Fsp3) is 0.318. The molecule has 7 heteroatoms. The molecule has 1 aromatic carbocycles. The molecule has 3 rings (SSSR count). The molecule has 1 N–H and O–H groups in total. The lowest BCUT2D eigenvalue weighted by molar-refractivity contribution is 0.0938. The standard InChI is InChI=1S/C22H26N4O3/c1-14(2)21-18(13-24-26(21)20-8-6-7-11-23-20)22(27)25-15(3)17-12-16(28-4)9-10-19(17)29-5/h6-15H,1-5H3,(H,25,27)/t15-/m1/s1. The highest BCUT2D eigenvalue weighted by atomic mass is 16.5. The second-order valence-electron chi connectivity index (χ2n) is 7.00. The van der Waals surface area contributed by atoms with Gasteiger partial charge in [-0.2, -0.15) is 5.10 Å². The normalized spacial score (nSPS) is 11.9. The molecule has 0 radical (unpaired) electrons. The van der Waals surface area contributed by atoms with Gasteiger partial charge in [0.2, 0.25) is 0 Å². The van der Waals surface area contributed by atoms with Crippen molar-refractivity contribution in [3.05, 3.63) is 65.6 Å². The molecular formula is C22H26N4O3. The van der Waals surface area contributed by atoms with E-state index in [9.17, 15) is 4.79 Å². The number of benzene rings is 1. The molecule has 0 aliphatic carbocycles. The molecule has 0 saturated carbocycles. The molecule has 1 amide bonds. The second-order valence-corrected chi connectivity index (χ2v) is 7.00. The van der Waals surface area contributed by atoms with Crippen LogP contribution in [0.15, 0.2) is 48.8 Å². The monoisotopic (exact) mass is 394 g/mol. The van der Waals surface area contributed by atoms with Crippen molar-refractivity contribution in [3.63, 3.8) is 0 Å². The zero-order chi connectivity index (χ0) is 21.0. The minimum absolute atomic E-state index is 0.0851. The summed E-state index contributed by atoms with van der Waals surface area (Å²) < 4.78 is 12.5. The zero-order valence-electron chi connectivity index (χ0n) is 17.3. The van der Waals surface area contributed by atoms with Crippen molar-refractivity contribution in [2.45, 2.75) is 32.7 Å². The summed E-state index contributed by atoms with van der Waals surface area (Å²) in [4.78, 5) is 17.4. The average molecular weight is 394 g/mol. The maximum Gasteiger partial charge on any atom is 0.255 e. The highest BCUT2D eigenvalue weighted by Crippen LogP contribution is 2.30. The number of pyridine rings is 1. The van der Waals surface area contributed by atoms with Gasteiger partial charge in [-0.3, -0.25) is 4.79 Å². The van der Waals surface area contributed by atoms with Gasteiger partial charge in [0, 0.05) is 11.8 Å². The van der Waals surface area contributed by atoms with Gasteiger partial charge in [-0.1, -0.05) is 19.9 Å². The predicted octanol–water partition coefficient (Wildman–Crippen LogP) is 3.90. The number of carbonyl (C=O) groups is 1. The van der Waals surface area contributed by atoms with Gasteiger partial charge in [0.05, 0.1) is 37.7 Å². The lowest BCUT2D eigenvalue weighted by atomic mass is 10.0. The Morgan fingerprint density at radius 1 is 1.10 bits per heavy atom. The maximum atomic E-state index is 13.1. The van der Waals surface area contributed by atoms with E-state index >= 15 is 0 Å². The van der Waals surface area contributed by atoms with Crippen molar-refractivity contribution in [2.24, 2.45) is 0 Å². The minimum atomic E-state index is -0.286. The number of methoxy groups -OCH3 is 2. The number of hydrogen-bond donors (Lipinski definition) is 1. The van der Waals surface area contributed by atoms with Gasteiger partial charge < -0.3 is 14.8 Å². The van der Waals surface area contributed by atoms with Crippen LogP contribution in [0.25, 0.3) is 5.82 Å². The van der Waals surface area contributed by atoms with Gasteiger partial charge in [-0.25, -0.2) is 9.67 Å². The molecule has 2 aromatic heterocycles. The minimum Gasteiger partial charge on any atom is -0.497 e. The van der Waals surface area contributed by atoms with Crippen molar-refractivity contribution in [3.8, 4) is 17.3 Å². The molecule has 7 nitrogen and oxygen atoms in total. The predicted molar refractivity (Wildman–Crippen MR) is 111 cm³/mol. The summed E-state index contributed by atoms with van der Waals surface area (Å²) >= 11 is 0. The fourth-order valence-electron chi connectivity index (χ4n) is 3.28. The molecule has 0 spiro atoms. The summed E-state index contributed by atoms with van der Waals surface area (Å²) in [6.45, 7) is 5.97. The third-order valence-electron chi connectivity index (χ3n) is 4.72. The van der Waals surface area contributed by atoms with Gasteiger partial charge in [0.25, 0.3) is 5.91 Å². The molecule has 0 saturated heterocycles. The number of aromatic nitrogens is 3. The van der Waals surface area contributed by atoms with Crippen LogP contribution in [-0.4, -0.2) is 34.9 Å². The molecule has 2 heterocycles. The molecular weight excluding hydrogens is 368 g/mol. The van der Waals surface area contributed by atoms with Crippen LogP contribution in [0, 0.1) is 0 Å². The summed E-state index contributed by atoms with van der Waals surface area (Å²) in [6, 6.07) is 10.8. The number of nitrogens with one attached hydrogen (secondary N) is 1. The Bertz CT molecular complexity index is 983. The largest absolute Gasteiger partial charge is 0.497 e. The fourth-order valence-corrected chi connectivity index (χ4v) is 3.28. The highest BCUT2D eigenvalue weighted by Gasteiger charge is 2.23. The SMILES string of the molecule is COc1ccc(OC)c([C@@H](C)NC(=O)c2cnn(-c3ccccn3)c2C(C)C)c1. The molecule has 0 fully saturated rings. The summed E-state index contributed by atoms with van der Waals surface area (Å²) in [6.07, 6.45) is 3.30. The number of nitrogens with zero attached hydrogens (tertiary/aromatic N) is 3. The van der Waals surface area contributed by atoms with Crippen LogP contribution in [0.1, 0.15) is 54.3 Å². The van der Waals surface area contributed by atoms with Crippen LogP contribution in [0.5, 0.6) is 11.5 Å². The summed E-state index contributed by atoms with van der Waals surface area (Å²) in [5.41, 5.74) is 2.17. The summed E-state index contributed by atoms with van der Waals surface area (Å²) in [5, 5.41) is 7.47. The first kappa shape index (κ1) is 20.4. The van der Waals surface area contributed by atoms with Crippen molar-refractivity contribution in [1.82, 2.24) is 20.1 Å². The summed E-state index contributed by atoms with van der Waals surface area (Å²) in [5.74, 6) is 1.95. The Balaban J connectivity index is 1.91. The van der Waals surface area contributed by atoms with Gasteiger partial charge in [-0.05, 0) is 43.2 Å². The van der Waals surface area contributed by atoms with E-state index in [4.69, 9.17) is 9.47 Å². The average Bonchev–Trinajstić information content (AvgIpc) is 3.19. The quantitative estimate of drug-likeness (QED) is 0.658. The van der Waals surface area contributed by atoms with Gasteiger partial charge >= 0.3 is 0 Å². The van der Waals surface area contributed by atoms with E-state index in [-0.39, 0.29) is 17.9 Å². The van der Waals surface area contributed by atoms with E-state index in [1.165, 1.54) is 0 Å². The van der Waals surface area contributed by atoms with E-state index in [1.54, 1.807) is 31.3 Å². The van der Waals surface area contributed by atoms with Crippen LogP contribution in [-0.2, 0) is 0 Å². The Morgan fingerprint density at radius 2 is 1.90 bits per heavy atom. The van der Waals surface area contributed by atoms with Gasteiger partial charge in [-0.15, -0.1) is 0 Å². The van der Waals surface area contributed by atoms with E-state index in [1.807, 2.05) is 57.2 Å². The molecule has 0 unspecified atom stereocenters. The third kappa shape index (κ3) is 4.23. The van der Waals surface area contributed by atoms with Crippen LogP contribution in [0.2, 0.25) is 0 Å². The zero-order valence-corrected chi connectivity index (χ0v) is 17.3. The maximum absolute atomic E-state index is 13.1.